The standard InChI is InChI=1S/C23H23NO2.ClH/c1-24(17-23(25)21-12-6-3-7-13-21)16-20-11-8-14-22(15-20)26-18-19-9-4-2-5-10-19;/h2-15H,16-18H2,1H3;1H. The third kappa shape index (κ3) is 6.55. The largest absolute Gasteiger partial charge is 0.489 e. The third-order valence-corrected chi connectivity index (χ3v) is 4.11. The van der Waals surface area contributed by atoms with Crippen LogP contribution in [-0.4, -0.2) is 24.3 Å². The Morgan fingerprint density at radius 3 is 2.19 bits per heavy atom. The summed E-state index contributed by atoms with van der Waals surface area (Å²) in [5.74, 6) is 0.971. The van der Waals surface area contributed by atoms with Crippen molar-refractivity contribution in [3.05, 3.63) is 102 Å². The van der Waals surface area contributed by atoms with Crippen molar-refractivity contribution in [1.29, 1.82) is 0 Å². The molecule has 140 valence electrons. The van der Waals surface area contributed by atoms with E-state index in [1.54, 1.807) is 0 Å². The Bertz CT molecular complexity index is 837. The second-order valence-corrected chi connectivity index (χ2v) is 6.38. The van der Waals surface area contributed by atoms with Crippen LogP contribution in [0.25, 0.3) is 0 Å². The molecule has 0 aliphatic carbocycles. The van der Waals surface area contributed by atoms with E-state index in [0.29, 0.717) is 19.7 Å². The summed E-state index contributed by atoms with van der Waals surface area (Å²) in [5, 5.41) is 0. The lowest BCUT2D eigenvalue weighted by Gasteiger charge is -2.16. The van der Waals surface area contributed by atoms with Gasteiger partial charge in [0.1, 0.15) is 12.4 Å². The predicted molar refractivity (Wildman–Crippen MR) is 112 cm³/mol. The van der Waals surface area contributed by atoms with Gasteiger partial charge in [-0.3, -0.25) is 9.69 Å². The molecule has 0 amide bonds. The van der Waals surface area contributed by atoms with Gasteiger partial charge in [0.2, 0.25) is 0 Å². The van der Waals surface area contributed by atoms with Gasteiger partial charge in [-0.25, -0.2) is 0 Å². The van der Waals surface area contributed by atoms with Gasteiger partial charge in [0.05, 0.1) is 6.54 Å². The van der Waals surface area contributed by atoms with E-state index in [1.165, 1.54) is 0 Å². The van der Waals surface area contributed by atoms with Crippen LogP contribution in [0.15, 0.2) is 84.9 Å². The number of benzene rings is 3. The molecule has 0 saturated carbocycles. The molecule has 3 aromatic rings. The Morgan fingerprint density at radius 2 is 1.48 bits per heavy atom. The molecule has 0 atom stereocenters. The quantitative estimate of drug-likeness (QED) is 0.514. The number of halogens is 1. The number of ketones is 1. The summed E-state index contributed by atoms with van der Waals surface area (Å²) in [7, 11) is 1.96. The first kappa shape index (κ1) is 20.7. The van der Waals surface area contributed by atoms with Crippen molar-refractivity contribution in [2.24, 2.45) is 0 Å². The minimum atomic E-state index is 0. The summed E-state index contributed by atoms with van der Waals surface area (Å²) >= 11 is 0. The number of likely N-dealkylation sites (N-methyl/N-ethyl adjacent to an activating group) is 1. The number of hydrogen-bond acceptors (Lipinski definition) is 3. The Labute approximate surface area is 167 Å². The van der Waals surface area contributed by atoms with Crippen LogP contribution in [0.2, 0.25) is 0 Å². The van der Waals surface area contributed by atoms with Crippen molar-refractivity contribution in [1.82, 2.24) is 4.90 Å². The van der Waals surface area contributed by atoms with Gasteiger partial charge < -0.3 is 4.74 Å². The van der Waals surface area contributed by atoms with E-state index in [4.69, 9.17) is 4.74 Å². The number of Topliss-reactive ketones (excluding diaryl/α,β-unsaturated/α-hetero) is 1. The Kier molecular flexibility index (Phi) is 8.05. The van der Waals surface area contributed by atoms with E-state index in [0.717, 1.165) is 22.4 Å². The molecule has 0 radical (unpaired) electrons. The normalized spacial score (nSPS) is 10.3. The van der Waals surface area contributed by atoms with Gasteiger partial charge in [-0.2, -0.15) is 0 Å². The van der Waals surface area contributed by atoms with Crippen molar-refractivity contribution < 1.29 is 9.53 Å². The van der Waals surface area contributed by atoms with Crippen molar-refractivity contribution in [3.8, 4) is 5.75 Å². The van der Waals surface area contributed by atoms with Crippen molar-refractivity contribution in [3.63, 3.8) is 0 Å². The van der Waals surface area contributed by atoms with Crippen molar-refractivity contribution in [2.75, 3.05) is 13.6 Å². The first-order valence-electron chi connectivity index (χ1n) is 8.73. The fourth-order valence-electron chi connectivity index (χ4n) is 2.80. The number of ether oxygens (including phenoxy) is 1. The van der Waals surface area contributed by atoms with Gasteiger partial charge in [0, 0.05) is 12.1 Å². The molecule has 0 aromatic heterocycles. The van der Waals surface area contributed by atoms with E-state index in [9.17, 15) is 4.79 Å². The number of nitrogens with zero attached hydrogens (tertiary/aromatic N) is 1. The zero-order valence-corrected chi connectivity index (χ0v) is 16.2. The molecule has 4 heteroatoms. The Balaban J connectivity index is 0.00000261. The molecule has 3 rings (SSSR count). The minimum Gasteiger partial charge on any atom is -0.489 e. The maximum absolute atomic E-state index is 12.3. The highest BCUT2D eigenvalue weighted by molar-refractivity contribution is 5.97. The number of hydrogen-bond donors (Lipinski definition) is 0. The zero-order valence-electron chi connectivity index (χ0n) is 15.4. The second-order valence-electron chi connectivity index (χ2n) is 6.38. The van der Waals surface area contributed by atoms with Crippen LogP contribution >= 0.6 is 12.4 Å². The number of carbonyl (C=O) groups excluding carboxylic acids is 1. The van der Waals surface area contributed by atoms with Crippen LogP contribution in [0, 0.1) is 0 Å². The van der Waals surface area contributed by atoms with Gasteiger partial charge in [-0.15, -0.1) is 12.4 Å². The molecule has 0 N–H and O–H groups in total. The van der Waals surface area contributed by atoms with Crippen molar-refractivity contribution >= 4 is 18.2 Å². The topological polar surface area (TPSA) is 29.5 Å². The second kappa shape index (κ2) is 10.5. The molecule has 0 aliphatic rings. The molecule has 0 spiro atoms. The van der Waals surface area contributed by atoms with Gasteiger partial charge in [-0.05, 0) is 30.3 Å². The average Bonchev–Trinajstić information content (AvgIpc) is 2.68. The van der Waals surface area contributed by atoms with Crippen LogP contribution in [0.4, 0.5) is 0 Å². The van der Waals surface area contributed by atoms with E-state index in [-0.39, 0.29) is 18.2 Å². The maximum Gasteiger partial charge on any atom is 0.176 e. The van der Waals surface area contributed by atoms with Crippen LogP contribution in [-0.2, 0) is 13.2 Å². The van der Waals surface area contributed by atoms with Gasteiger partial charge in [0.15, 0.2) is 5.78 Å². The van der Waals surface area contributed by atoms with Crippen molar-refractivity contribution in [2.45, 2.75) is 13.2 Å². The van der Waals surface area contributed by atoms with E-state index in [1.807, 2.05) is 90.8 Å². The van der Waals surface area contributed by atoms with Gasteiger partial charge >= 0.3 is 0 Å². The molecule has 27 heavy (non-hydrogen) atoms. The summed E-state index contributed by atoms with van der Waals surface area (Å²) in [6.07, 6.45) is 0. The molecule has 3 aromatic carbocycles. The molecule has 0 unspecified atom stereocenters. The smallest absolute Gasteiger partial charge is 0.176 e. The lowest BCUT2D eigenvalue weighted by molar-refractivity contribution is 0.0943. The molecule has 0 saturated heterocycles. The first-order valence-corrected chi connectivity index (χ1v) is 8.73. The highest BCUT2D eigenvalue weighted by Crippen LogP contribution is 2.16. The van der Waals surface area contributed by atoms with Crippen LogP contribution in [0.5, 0.6) is 5.75 Å². The number of rotatable bonds is 8. The molecular formula is C23H24ClNO2. The zero-order chi connectivity index (χ0) is 18.2. The Morgan fingerprint density at radius 1 is 0.852 bits per heavy atom. The average molecular weight is 382 g/mol. The fourth-order valence-corrected chi connectivity index (χ4v) is 2.80. The molecule has 0 fully saturated rings. The highest BCUT2D eigenvalue weighted by Gasteiger charge is 2.09. The summed E-state index contributed by atoms with van der Waals surface area (Å²) in [4.78, 5) is 14.3. The van der Waals surface area contributed by atoms with Crippen LogP contribution < -0.4 is 4.74 Å². The number of carbonyl (C=O) groups is 1. The lowest BCUT2D eigenvalue weighted by Crippen LogP contribution is -2.25. The summed E-state index contributed by atoms with van der Waals surface area (Å²) in [6.45, 7) is 1.63. The third-order valence-electron chi connectivity index (χ3n) is 4.11. The molecule has 0 heterocycles. The van der Waals surface area contributed by atoms with Crippen LogP contribution in [0.3, 0.4) is 0 Å². The Hall–Kier alpha value is -2.62. The summed E-state index contributed by atoms with van der Waals surface area (Å²) < 4.78 is 5.88. The molecular weight excluding hydrogens is 358 g/mol. The fraction of sp³-hybridized carbons (Fsp3) is 0.174. The molecule has 0 aliphatic heterocycles. The summed E-state index contributed by atoms with van der Waals surface area (Å²) in [5.41, 5.74) is 3.02. The maximum atomic E-state index is 12.3. The van der Waals surface area contributed by atoms with Gasteiger partial charge in [-0.1, -0.05) is 72.8 Å². The van der Waals surface area contributed by atoms with E-state index >= 15 is 0 Å². The van der Waals surface area contributed by atoms with E-state index in [2.05, 4.69) is 6.07 Å². The van der Waals surface area contributed by atoms with Crippen LogP contribution in [0.1, 0.15) is 21.5 Å². The molecule has 0 bridgehead atoms. The molecule has 3 nitrogen and oxygen atoms in total. The van der Waals surface area contributed by atoms with Gasteiger partial charge in [0.25, 0.3) is 0 Å². The minimum absolute atomic E-state index is 0. The first-order chi connectivity index (χ1) is 12.7. The monoisotopic (exact) mass is 381 g/mol. The SMILES string of the molecule is CN(CC(=O)c1ccccc1)Cc1cccc(OCc2ccccc2)c1.Cl. The highest BCUT2D eigenvalue weighted by atomic mass is 35.5. The summed E-state index contributed by atoms with van der Waals surface area (Å²) in [6, 6.07) is 27.6. The predicted octanol–water partition coefficient (Wildman–Crippen LogP) is 5.00. The lowest BCUT2D eigenvalue weighted by atomic mass is 10.1. The van der Waals surface area contributed by atoms with E-state index < -0.39 is 0 Å².